The number of anilines is 1. The van der Waals surface area contributed by atoms with Crippen molar-refractivity contribution < 1.29 is 4.92 Å². The summed E-state index contributed by atoms with van der Waals surface area (Å²) in [5.41, 5.74) is 7.60. The summed E-state index contributed by atoms with van der Waals surface area (Å²) in [5, 5.41) is 14.2. The molecule has 0 saturated heterocycles. The van der Waals surface area contributed by atoms with Crippen molar-refractivity contribution in [1.29, 1.82) is 0 Å². The lowest BCUT2D eigenvalue weighted by Gasteiger charge is -2.31. The quantitative estimate of drug-likeness (QED) is 0.620. The predicted octanol–water partition coefficient (Wildman–Crippen LogP) is 2.44. The summed E-state index contributed by atoms with van der Waals surface area (Å²) in [5.74, 6) is 0.571. The van der Waals surface area contributed by atoms with Crippen LogP contribution in [0.25, 0.3) is 0 Å². The Labute approximate surface area is 107 Å². The van der Waals surface area contributed by atoms with Gasteiger partial charge >= 0.3 is 0 Å². The van der Waals surface area contributed by atoms with E-state index in [1.54, 1.807) is 12.1 Å². The van der Waals surface area contributed by atoms with Crippen LogP contribution in [0, 0.1) is 23.0 Å². The molecule has 1 saturated carbocycles. The molecule has 98 valence electrons. The lowest BCUT2D eigenvalue weighted by molar-refractivity contribution is -0.384. The number of nitrogens with zero attached hydrogens (tertiary/aromatic N) is 1. The number of nitro groups is 1. The van der Waals surface area contributed by atoms with Crippen LogP contribution < -0.4 is 11.1 Å². The smallest absolute Gasteiger partial charge is 0.271 e. The average molecular weight is 249 g/mol. The lowest BCUT2D eigenvalue weighted by atomic mass is 9.95. The van der Waals surface area contributed by atoms with E-state index in [0.717, 1.165) is 11.3 Å². The molecule has 0 spiro atoms. The number of hydrogen-bond acceptors (Lipinski definition) is 4. The van der Waals surface area contributed by atoms with Gasteiger partial charge in [-0.2, -0.15) is 0 Å². The van der Waals surface area contributed by atoms with Gasteiger partial charge in [0.1, 0.15) is 0 Å². The molecule has 0 heterocycles. The van der Waals surface area contributed by atoms with E-state index < -0.39 is 0 Å². The van der Waals surface area contributed by atoms with E-state index >= 15 is 0 Å². The second kappa shape index (κ2) is 4.57. The van der Waals surface area contributed by atoms with Crippen molar-refractivity contribution in [2.24, 2.45) is 11.7 Å². The van der Waals surface area contributed by atoms with Gasteiger partial charge in [-0.15, -0.1) is 0 Å². The van der Waals surface area contributed by atoms with Crippen molar-refractivity contribution in [2.45, 2.75) is 32.2 Å². The Balaban J connectivity index is 2.27. The van der Waals surface area contributed by atoms with Crippen molar-refractivity contribution in [3.8, 4) is 0 Å². The minimum absolute atomic E-state index is 0.110. The fraction of sp³-hybridized carbons (Fsp3) is 0.538. The summed E-state index contributed by atoms with van der Waals surface area (Å²) in [6.07, 6.45) is 2.35. The number of aryl methyl sites for hydroxylation is 1. The van der Waals surface area contributed by atoms with Gasteiger partial charge in [0.2, 0.25) is 0 Å². The zero-order chi connectivity index (χ0) is 13.3. The van der Waals surface area contributed by atoms with Crippen LogP contribution in [-0.4, -0.2) is 17.0 Å². The van der Waals surface area contributed by atoms with Gasteiger partial charge in [-0.05, 0) is 38.2 Å². The normalized spacial score (nSPS) is 18.2. The largest absolute Gasteiger partial charge is 0.378 e. The van der Waals surface area contributed by atoms with Crippen LogP contribution in [0.2, 0.25) is 0 Å². The van der Waals surface area contributed by atoms with Crippen molar-refractivity contribution >= 4 is 11.4 Å². The maximum Gasteiger partial charge on any atom is 0.271 e. The molecule has 0 aromatic heterocycles. The van der Waals surface area contributed by atoms with Crippen molar-refractivity contribution in [3.05, 3.63) is 33.9 Å². The van der Waals surface area contributed by atoms with Gasteiger partial charge in [-0.25, -0.2) is 0 Å². The zero-order valence-electron chi connectivity index (χ0n) is 10.8. The van der Waals surface area contributed by atoms with Gasteiger partial charge < -0.3 is 11.1 Å². The summed E-state index contributed by atoms with van der Waals surface area (Å²) in [7, 11) is 0. The molecule has 1 unspecified atom stereocenters. The molecule has 0 bridgehead atoms. The molecule has 0 aliphatic heterocycles. The first-order valence-corrected chi connectivity index (χ1v) is 6.19. The summed E-state index contributed by atoms with van der Waals surface area (Å²) < 4.78 is 0. The Morgan fingerprint density at radius 2 is 2.22 bits per heavy atom. The predicted molar refractivity (Wildman–Crippen MR) is 71.6 cm³/mol. The Hall–Kier alpha value is -1.62. The third-order valence-electron chi connectivity index (χ3n) is 3.75. The van der Waals surface area contributed by atoms with E-state index in [0.29, 0.717) is 12.5 Å². The van der Waals surface area contributed by atoms with Crippen LogP contribution in [-0.2, 0) is 0 Å². The minimum atomic E-state index is -0.373. The first kappa shape index (κ1) is 12.8. The summed E-state index contributed by atoms with van der Waals surface area (Å²) in [6, 6.07) is 4.88. The first-order chi connectivity index (χ1) is 8.46. The SMILES string of the molecule is Cc1ccc([N+](=O)[O-])cc1NC(C)(CN)C1CC1. The summed E-state index contributed by atoms with van der Waals surface area (Å²) in [6.45, 7) is 4.55. The molecular formula is C13H19N3O2. The molecule has 0 radical (unpaired) electrons. The molecule has 1 aliphatic rings. The highest BCUT2D eigenvalue weighted by Gasteiger charge is 2.40. The second-order valence-corrected chi connectivity index (χ2v) is 5.28. The monoisotopic (exact) mass is 249 g/mol. The van der Waals surface area contributed by atoms with E-state index in [9.17, 15) is 10.1 Å². The van der Waals surface area contributed by atoms with E-state index in [1.165, 1.54) is 18.9 Å². The van der Waals surface area contributed by atoms with Crippen molar-refractivity contribution in [2.75, 3.05) is 11.9 Å². The number of nitrogens with two attached hydrogens (primary N) is 1. The molecular weight excluding hydrogens is 230 g/mol. The molecule has 1 aromatic carbocycles. The van der Waals surface area contributed by atoms with Crippen LogP contribution in [0.5, 0.6) is 0 Å². The van der Waals surface area contributed by atoms with Gasteiger partial charge in [-0.1, -0.05) is 6.07 Å². The molecule has 5 nitrogen and oxygen atoms in total. The Bertz CT molecular complexity index is 471. The van der Waals surface area contributed by atoms with Gasteiger partial charge in [0.05, 0.1) is 4.92 Å². The number of nitrogens with one attached hydrogen (secondary N) is 1. The van der Waals surface area contributed by atoms with E-state index in [4.69, 9.17) is 5.73 Å². The maximum atomic E-state index is 10.8. The molecule has 18 heavy (non-hydrogen) atoms. The molecule has 5 heteroatoms. The van der Waals surface area contributed by atoms with Crippen LogP contribution >= 0.6 is 0 Å². The number of benzene rings is 1. The van der Waals surface area contributed by atoms with Crippen LogP contribution in [0.15, 0.2) is 18.2 Å². The minimum Gasteiger partial charge on any atom is -0.378 e. The van der Waals surface area contributed by atoms with Crippen molar-refractivity contribution in [1.82, 2.24) is 0 Å². The lowest BCUT2D eigenvalue weighted by Crippen LogP contribution is -2.44. The Kier molecular flexibility index (Phi) is 3.26. The highest BCUT2D eigenvalue weighted by Crippen LogP contribution is 2.41. The van der Waals surface area contributed by atoms with E-state index in [-0.39, 0.29) is 16.1 Å². The number of non-ortho nitro benzene ring substituents is 1. The summed E-state index contributed by atoms with van der Waals surface area (Å²) >= 11 is 0. The number of nitro benzene ring substituents is 1. The van der Waals surface area contributed by atoms with Gasteiger partial charge in [0, 0.05) is 29.9 Å². The third kappa shape index (κ3) is 2.46. The molecule has 3 N–H and O–H groups in total. The fourth-order valence-corrected chi connectivity index (χ4v) is 2.21. The number of rotatable bonds is 5. The topological polar surface area (TPSA) is 81.2 Å². The molecule has 0 amide bonds. The highest BCUT2D eigenvalue weighted by molar-refractivity contribution is 5.58. The van der Waals surface area contributed by atoms with Gasteiger partial charge in [-0.3, -0.25) is 10.1 Å². The molecule has 1 aromatic rings. The maximum absolute atomic E-state index is 10.8. The molecule has 1 atom stereocenters. The zero-order valence-corrected chi connectivity index (χ0v) is 10.8. The average Bonchev–Trinajstić information content (AvgIpc) is 3.15. The van der Waals surface area contributed by atoms with Gasteiger partial charge in [0.15, 0.2) is 0 Å². The molecule has 1 fully saturated rings. The molecule has 2 rings (SSSR count). The second-order valence-electron chi connectivity index (χ2n) is 5.28. The van der Waals surface area contributed by atoms with Crippen LogP contribution in [0.4, 0.5) is 11.4 Å². The third-order valence-corrected chi connectivity index (χ3v) is 3.75. The fourth-order valence-electron chi connectivity index (χ4n) is 2.21. The molecule has 1 aliphatic carbocycles. The van der Waals surface area contributed by atoms with E-state index in [2.05, 4.69) is 12.2 Å². The summed E-state index contributed by atoms with van der Waals surface area (Å²) in [4.78, 5) is 10.4. The Morgan fingerprint density at radius 1 is 1.56 bits per heavy atom. The standard InChI is InChI=1S/C13H19N3O2/c1-9-3-6-11(16(17)18)7-12(9)15-13(2,8-14)10-4-5-10/h3,6-7,10,15H,4-5,8,14H2,1-2H3. The number of hydrogen-bond donors (Lipinski definition) is 2. The van der Waals surface area contributed by atoms with E-state index in [1.807, 2.05) is 6.92 Å². The van der Waals surface area contributed by atoms with Crippen LogP contribution in [0.3, 0.4) is 0 Å². The van der Waals surface area contributed by atoms with Gasteiger partial charge in [0.25, 0.3) is 5.69 Å². The Morgan fingerprint density at radius 3 is 2.72 bits per heavy atom. The van der Waals surface area contributed by atoms with Crippen LogP contribution in [0.1, 0.15) is 25.3 Å². The van der Waals surface area contributed by atoms with Crippen molar-refractivity contribution in [3.63, 3.8) is 0 Å². The first-order valence-electron chi connectivity index (χ1n) is 6.19. The highest BCUT2D eigenvalue weighted by atomic mass is 16.6.